The van der Waals surface area contributed by atoms with E-state index in [1.807, 2.05) is 0 Å². The van der Waals surface area contributed by atoms with Gasteiger partial charge in [0.15, 0.2) is 0 Å². The Balaban J connectivity index is 2.30. The predicted molar refractivity (Wildman–Crippen MR) is 65.4 cm³/mol. The highest BCUT2D eigenvalue weighted by molar-refractivity contribution is 5.83. The van der Waals surface area contributed by atoms with Crippen molar-refractivity contribution in [2.75, 3.05) is 13.2 Å². The second-order valence-electron chi connectivity index (χ2n) is 3.78. The fourth-order valence-electron chi connectivity index (χ4n) is 1.53. The Morgan fingerprint density at radius 2 is 1.80 bits per heavy atom. The van der Waals surface area contributed by atoms with Crippen LogP contribution < -0.4 is 0 Å². The summed E-state index contributed by atoms with van der Waals surface area (Å²) in [6, 6.07) is 3.09. The molecule has 1 aliphatic heterocycles. The summed E-state index contributed by atoms with van der Waals surface area (Å²) in [6.07, 6.45) is 0.494. The topological polar surface area (TPSA) is 128 Å². The number of nitro groups is 2. The molecule has 0 aromatic heterocycles. The zero-order valence-electron chi connectivity index (χ0n) is 9.96. The Hall–Kier alpha value is -3.04. The molecule has 10 nitrogen and oxygen atoms in total. The lowest BCUT2D eigenvalue weighted by Gasteiger charge is -2.03. The van der Waals surface area contributed by atoms with E-state index in [0.717, 1.165) is 29.4 Å². The van der Waals surface area contributed by atoms with Gasteiger partial charge in [-0.05, 0) is 0 Å². The van der Waals surface area contributed by atoms with E-state index < -0.39 is 27.3 Å². The molecule has 104 valence electrons. The van der Waals surface area contributed by atoms with E-state index in [1.165, 1.54) is 0 Å². The Morgan fingerprint density at radius 1 is 1.20 bits per heavy atom. The van der Waals surface area contributed by atoms with Crippen LogP contribution in [0.5, 0.6) is 0 Å². The van der Waals surface area contributed by atoms with E-state index >= 15 is 0 Å². The number of carbonyl (C=O) groups is 1. The van der Waals surface area contributed by atoms with Crippen LogP contribution >= 0.6 is 0 Å². The van der Waals surface area contributed by atoms with Crippen molar-refractivity contribution < 1.29 is 19.4 Å². The second-order valence-corrected chi connectivity index (χ2v) is 3.78. The molecule has 1 aliphatic rings. The van der Waals surface area contributed by atoms with Gasteiger partial charge in [-0.2, -0.15) is 10.1 Å². The van der Waals surface area contributed by atoms with Gasteiger partial charge in [0, 0.05) is 17.7 Å². The monoisotopic (exact) mass is 280 g/mol. The number of ether oxygens (including phenoxy) is 1. The number of nitro benzene ring substituents is 2. The largest absolute Gasteiger partial charge is 0.446 e. The van der Waals surface area contributed by atoms with Gasteiger partial charge >= 0.3 is 6.09 Å². The van der Waals surface area contributed by atoms with E-state index in [4.69, 9.17) is 0 Å². The summed E-state index contributed by atoms with van der Waals surface area (Å²) in [7, 11) is 0. The minimum Gasteiger partial charge on any atom is -0.446 e. The lowest BCUT2D eigenvalue weighted by Crippen LogP contribution is -2.17. The molecule has 1 saturated heterocycles. The van der Waals surface area contributed by atoms with Crippen molar-refractivity contribution in [2.24, 2.45) is 5.10 Å². The number of benzene rings is 1. The molecule has 0 spiro atoms. The maximum Gasteiger partial charge on any atom is 0.430 e. The van der Waals surface area contributed by atoms with Crippen LogP contribution in [0.25, 0.3) is 0 Å². The lowest BCUT2D eigenvalue weighted by molar-refractivity contribution is -0.394. The summed E-state index contributed by atoms with van der Waals surface area (Å²) in [5, 5.41) is 26.2. The summed E-state index contributed by atoms with van der Waals surface area (Å²) in [5.74, 6) is 0. The van der Waals surface area contributed by atoms with Gasteiger partial charge < -0.3 is 4.74 Å². The third-order valence-corrected chi connectivity index (χ3v) is 2.43. The van der Waals surface area contributed by atoms with Gasteiger partial charge in [0.25, 0.3) is 11.4 Å². The van der Waals surface area contributed by atoms with Crippen molar-refractivity contribution in [1.82, 2.24) is 5.01 Å². The Bertz CT molecular complexity index is 582. The first-order valence-electron chi connectivity index (χ1n) is 5.39. The molecule has 0 N–H and O–H groups in total. The number of rotatable bonds is 4. The minimum atomic E-state index is -0.742. The molecule has 0 unspecified atom stereocenters. The highest BCUT2D eigenvalue weighted by atomic mass is 16.6. The number of hydrogen-bond acceptors (Lipinski definition) is 7. The van der Waals surface area contributed by atoms with Crippen molar-refractivity contribution >= 4 is 23.7 Å². The van der Waals surface area contributed by atoms with Crippen molar-refractivity contribution in [2.45, 2.75) is 0 Å². The SMILES string of the molecule is O=C1OCCN1N=Cc1cc([N+](=O)[O-])cc([N+](=O)[O-])c1. The molecule has 0 radical (unpaired) electrons. The summed E-state index contributed by atoms with van der Waals surface area (Å²) in [6.45, 7) is 0.456. The van der Waals surface area contributed by atoms with Crippen LogP contribution in [-0.2, 0) is 4.74 Å². The van der Waals surface area contributed by atoms with E-state index in [1.54, 1.807) is 0 Å². The van der Waals surface area contributed by atoms with Crippen molar-refractivity contribution in [3.8, 4) is 0 Å². The van der Waals surface area contributed by atoms with Crippen LogP contribution in [0.4, 0.5) is 16.2 Å². The maximum absolute atomic E-state index is 11.1. The Morgan fingerprint density at radius 3 is 2.25 bits per heavy atom. The van der Waals surface area contributed by atoms with E-state index in [0.29, 0.717) is 0 Å². The summed E-state index contributed by atoms with van der Waals surface area (Å²) in [5.41, 5.74) is -0.708. The number of non-ortho nitro benzene ring substituents is 2. The summed E-state index contributed by atoms with van der Waals surface area (Å²) in [4.78, 5) is 31.0. The van der Waals surface area contributed by atoms with Crippen LogP contribution in [0.3, 0.4) is 0 Å². The number of carbonyl (C=O) groups excluding carboxylic acids is 1. The fraction of sp³-hybridized carbons (Fsp3) is 0.200. The van der Waals surface area contributed by atoms with E-state index in [-0.39, 0.29) is 18.7 Å². The van der Waals surface area contributed by atoms with Gasteiger partial charge in [-0.15, -0.1) is 0 Å². The molecule has 1 aromatic carbocycles. The summed E-state index contributed by atoms with van der Waals surface area (Å²) >= 11 is 0. The van der Waals surface area contributed by atoms with Crippen LogP contribution in [0, 0.1) is 20.2 Å². The van der Waals surface area contributed by atoms with Crippen LogP contribution in [0.15, 0.2) is 23.3 Å². The molecule has 10 heteroatoms. The third-order valence-electron chi connectivity index (χ3n) is 2.43. The molecule has 0 saturated carbocycles. The molecule has 1 heterocycles. The molecule has 2 rings (SSSR count). The zero-order chi connectivity index (χ0) is 14.7. The zero-order valence-corrected chi connectivity index (χ0v) is 9.96. The smallest absolute Gasteiger partial charge is 0.430 e. The third kappa shape index (κ3) is 2.85. The standard InChI is InChI=1S/C10H8N4O6/c15-10-12(1-2-20-10)11-6-7-3-8(13(16)17)5-9(4-7)14(18)19/h3-6H,1-2H2. The highest BCUT2D eigenvalue weighted by Crippen LogP contribution is 2.21. The molecule has 1 aromatic rings. The average molecular weight is 280 g/mol. The lowest BCUT2D eigenvalue weighted by atomic mass is 10.2. The van der Waals surface area contributed by atoms with Crippen LogP contribution in [-0.4, -0.2) is 40.3 Å². The first-order chi connectivity index (χ1) is 9.47. The molecule has 0 atom stereocenters. The second kappa shape index (κ2) is 5.30. The Labute approximate surface area is 111 Å². The normalized spacial score (nSPS) is 14.6. The number of amides is 1. The van der Waals surface area contributed by atoms with Gasteiger partial charge in [-0.1, -0.05) is 0 Å². The van der Waals surface area contributed by atoms with Gasteiger partial charge in [-0.25, -0.2) is 4.79 Å². The average Bonchev–Trinajstić information content (AvgIpc) is 2.81. The first-order valence-corrected chi connectivity index (χ1v) is 5.39. The molecular weight excluding hydrogens is 272 g/mol. The molecule has 0 aliphatic carbocycles. The quantitative estimate of drug-likeness (QED) is 0.464. The first kappa shape index (κ1) is 13.4. The number of nitrogens with zero attached hydrogens (tertiary/aromatic N) is 4. The van der Waals surface area contributed by atoms with Gasteiger partial charge in [-0.3, -0.25) is 20.2 Å². The van der Waals surface area contributed by atoms with Gasteiger partial charge in [0.05, 0.1) is 28.7 Å². The predicted octanol–water partition coefficient (Wildman–Crippen LogP) is 1.29. The van der Waals surface area contributed by atoms with Crippen LogP contribution in [0.2, 0.25) is 0 Å². The molecule has 20 heavy (non-hydrogen) atoms. The van der Waals surface area contributed by atoms with Crippen LogP contribution in [0.1, 0.15) is 5.56 Å². The fourth-order valence-corrected chi connectivity index (χ4v) is 1.53. The van der Waals surface area contributed by atoms with Gasteiger partial charge in [0.2, 0.25) is 0 Å². The molecule has 1 fully saturated rings. The minimum absolute atomic E-state index is 0.144. The summed E-state index contributed by atoms with van der Waals surface area (Å²) < 4.78 is 4.63. The van der Waals surface area contributed by atoms with E-state index in [9.17, 15) is 25.0 Å². The number of hydrogen-bond donors (Lipinski definition) is 0. The maximum atomic E-state index is 11.1. The molecule has 1 amide bonds. The molecular formula is C10H8N4O6. The number of cyclic esters (lactones) is 1. The highest BCUT2D eigenvalue weighted by Gasteiger charge is 2.21. The van der Waals surface area contributed by atoms with Crippen molar-refractivity contribution in [1.29, 1.82) is 0 Å². The molecule has 0 bridgehead atoms. The van der Waals surface area contributed by atoms with Crippen molar-refractivity contribution in [3.05, 3.63) is 44.0 Å². The Kier molecular flexibility index (Phi) is 3.55. The van der Waals surface area contributed by atoms with E-state index in [2.05, 4.69) is 9.84 Å². The number of hydrazone groups is 1. The van der Waals surface area contributed by atoms with Crippen molar-refractivity contribution in [3.63, 3.8) is 0 Å². The van der Waals surface area contributed by atoms with Gasteiger partial charge in [0.1, 0.15) is 6.61 Å².